The molecule has 0 amide bonds. The van der Waals surface area contributed by atoms with Gasteiger partial charge in [0.25, 0.3) is 0 Å². The molecule has 0 saturated carbocycles. The minimum Gasteiger partial charge on any atom is -0.481 e. The standard InChI is InChI=1S/C17H27N3O12/c21-12(22)2-1-11(17(31)32)20(5-3-18(7-13(23)24)8-14(25)26)6-4-19(9-15(27)28)10-16(29)30/h11H,1-10H2,(H,21,22)(H,23,24)(H,25,26)(H,27,28)(H,29,30)(H,31,32). The molecule has 1 unspecified atom stereocenters. The number of rotatable bonds is 19. The largest absolute Gasteiger partial charge is 0.481 e. The molecule has 0 aromatic carbocycles. The average molecular weight is 465 g/mol. The third-order valence-corrected chi connectivity index (χ3v) is 4.20. The summed E-state index contributed by atoms with van der Waals surface area (Å²) in [6.45, 7) is -3.35. The summed E-state index contributed by atoms with van der Waals surface area (Å²) < 4.78 is 0. The van der Waals surface area contributed by atoms with Gasteiger partial charge in [-0.2, -0.15) is 0 Å². The molecule has 0 heterocycles. The molecular weight excluding hydrogens is 438 g/mol. The second-order valence-corrected chi connectivity index (χ2v) is 6.82. The minimum atomic E-state index is -1.39. The van der Waals surface area contributed by atoms with Crippen molar-refractivity contribution in [3.63, 3.8) is 0 Å². The number of aliphatic carboxylic acids is 6. The summed E-state index contributed by atoms with van der Waals surface area (Å²) in [6, 6.07) is -1.36. The summed E-state index contributed by atoms with van der Waals surface area (Å²) in [7, 11) is 0. The van der Waals surface area contributed by atoms with Gasteiger partial charge in [0.05, 0.1) is 26.2 Å². The van der Waals surface area contributed by atoms with Gasteiger partial charge < -0.3 is 30.6 Å². The van der Waals surface area contributed by atoms with Gasteiger partial charge >= 0.3 is 35.8 Å². The molecule has 0 aliphatic heterocycles. The molecular formula is C17H27N3O12. The smallest absolute Gasteiger partial charge is 0.320 e. The zero-order valence-corrected chi connectivity index (χ0v) is 17.1. The molecule has 0 aromatic rings. The zero-order valence-electron chi connectivity index (χ0n) is 17.1. The number of carbonyl (C=O) groups is 6. The molecule has 0 spiro atoms. The van der Waals surface area contributed by atoms with Gasteiger partial charge in [0.15, 0.2) is 0 Å². The monoisotopic (exact) mass is 465 g/mol. The van der Waals surface area contributed by atoms with Crippen LogP contribution in [0.2, 0.25) is 0 Å². The Morgan fingerprint density at radius 1 is 0.531 bits per heavy atom. The maximum atomic E-state index is 11.7. The van der Waals surface area contributed by atoms with E-state index in [2.05, 4.69) is 0 Å². The van der Waals surface area contributed by atoms with Gasteiger partial charge in [-0.1, -0.05) is 0 Å². The van der Waals surface area contributed by atoms with E-state index in [9.17, 15) is 33.9 Å². The van der Waals surface area contributed by atoms with Crippen molar-refractivity contribution in [2.75, 3.05) is 52.4 Å². The Kier molecular flexibility index (Phi) is 13.1. The Hall–Kier alpha value is -3.30. The van der Waals surface area contributed by atoms with Crippen molar-refractivity contribution in [1.29, 1.82) is 0 Å². The van der Waals surface area contributed by atoms with Crippen LogP contribution < -0.4 is 0 Å². The molecule has 0 rings (SSSR count). The van der Waals surface area contributed by atoms with Gasteiger partial charge in [-0.15, -0.1) is 0 Å². The van der Waals surface area contributed by atoms with Crippen LogP contribution in [0.3, 0.4) is 0 Å². The molecule has 15 nitrogen and oxygen atoms in total. The first-order valence-corrected chi connectivity index (χ1v) is 9.32. The number of carboxylic acids is 6. The van der Waals surface area contributed by atoms with Gasteiger partial charge in [-0.25, -0.2) is 0 Å². The molecule has 32 heavy (non-hydrogen) atoms. The van der Waals surface area contributed by atoms with E-state index in [1.54, 1.807) is 0 Å². The van der Waals surface area contributed by atoms with Crippen molar-refractivity contribution in [2.45, 2.75) is 18.9 Å². The molecule has 182 valence electrons. The van der Waals surface area contributed by atoms with Crippen molar-refractivity contribution in [3.05, 3.63) is 0 Å². The SMILES string of the molecule is O=C(O)CCC(C(=O)O)N(CCN(CC(=O)O)CC(=O)O)CCN(CC(=O)O)CC(=O)O. The van der Waals surface area contributed by atoms with Crippen LogP contribution in [0.4, 0.5) is 0 Å². The van der Waals surface area contributed by atoms with E-state index in [-0.39, 0.29) is 32.6 Å². The second kappa shape index (κ2) is 14.7. The first kappa shape index (κ1) is 28.7. The topological polar surface area (TPSA) is 234 Å². The van der Waals surface area contributed by atoms with E-state index in [0.29, 0.717) is 0 Å². The molecule has 0 bridgehead atoms. The number of hydrogen-bond acceptors (Lipinski definition) is 9. The molecule has 15 heteroatoms. The number of carboxylic acid groups (broad SMARTS) is 6. The van der Waals surface area contributed by atoms with E-state index in [4.69, 9.17) is 25.5 Å². The van der Waals surface area contributed by atoms with Gasteiger partial charge in [0.1, 0.15) is 6.04 Å². The third kappa shape index (κ3) is 13.8. The lowest BCUT2D eigenvalue weighted by atomic mass is 10.1. The van der Waals surface area contributed by atoms with Gasteiger partial charge in [-0.3, -0.25) is 43.5 Å². The van der Waals surface area contributed by atoms with E-state index in [1.807, 2.05) is 0 Å². The first-order valence-electron chi connectivity index (χ1n) is 9.32. The highest BCUT2D eigenvalue weighted by atomic mass is 16.4. The average Bonchev–Trinajstić information content (AvgIpc) is 2.60. The van der Waals surface area contributed by atoms with Crippen LogP contribution in [0, 0.1) is 0 Å². The highest BCUT2D eigenvalue weighted by Crippen LogP contribution is 2.10. The minimum absolute atomic E-state index is 0.189. The number of hydrogen-bond donors (Lipinski definition) is 6. The van der Waals surface area contributed by atoms with Crippen molar-refractivity contribution in [1.82, 2.24) is 14.7 Å². The molecule has 0 aliphatic carbocycles. The molecule has 0 aliphatic rings. The Bertz CT molecular complexity index is 626. The van der Waals surface area contributed by atoms with Crippen LogP contribution in [0.1, 0.15) is 12.8 Å². The molecule has 1 atom stereocenters. The predicted molar refractivity (Wildman–Crippen MR) is 103 cm³/mol. The summed E-state index contributed by atoms with van der Waals surface area (Å²) in [5, 5.41) is 54.1. The Balaban J connectivity index is 5.53. The van der Waals surface area contributed by atoms with Crippen molar-refractivity contribution < 1.29 is 59.4 Å². The van der Waals surface area contributed by atoms with Gasteiger partial charge in [0, 0.05) is 32.6 Å². The van der Waals surface area contributed by atoms with Crippen LogP contribution >= 0.6 is 0 Å². The van der Waals surface area contributed by atoms with Crippen LogP contribution in [-0.4, -0.2) is 140 Å². The van der Waals surface area contributed by atoms with Crippen molar-refractivity contribution in [3.8, 4) is 0 Å². The van der Waals surface area contributed by atoms with E-state index < -0.39 is 74.5 Å². The lowest BCUT2D eigenvalue weighted by molar-refractivity contribution is -0.147. The quantitative estimate of drug-likeness (QED) is 0.116. The third-order valence-electron chi connectivity index (χ3n) is 4.20. The van der Waals surface area contributed by atoms with Crippen LogP contribution in [0.15, 0.2) is 0 Å². The molecule has 6 N–H and O–H groups in total. The fourth-order valence-electron chi connectivity index (χ4n) is 2.88. The normalized spacial score (nSPS) is 12.1. The van der Waals surface area contributed by atoms with Gasteiger partial charge in [-0.05, 0) is 6.42 Å². The Morgan fingerprint density at radius 2 is 0.875 bits per heavy atom. The summed E-state index contributed by atoms with van der Waals surface area (Å²) in [5.41, 5.74) is 0. The Labute approximate surface area is 182 Å². The highest BCUT2D eigenvalue weighted by Gasteiger charge is 2.28. The van der Waals surface area contributed by atoms with Gasteiger partial charge in [0.2, 0.25) is 0 Å². The molecule has 0 aromatic heterocycles. The van der Waals surface area contributed by atoms with Crippen LogP contribution in [0.25, 0.3) is 0 Å². The zero-order chi connectivity index (χ0) is 24.8. The summed E-state index contributed by atoms with van der Waals surface area (Å²) in [4.78, 5) is 69.7. The maximum Gasteiger partial charge on any atom is 0.320 e. The van der Waals surface area contributed by atoms with E-state index in [1.165, 1.54) is 4.90 Å². The molecule has 0 saturated heterocycles. The summed E-state index contributed by atoms with van der Waals surface area (Å²) in [6.07, 6.45) is -0.838. The van der Waals surface area contributed by atoms with E-state index >= 15 is 0 Å². The number of nitrogens with zero attached hydrogens (tertiary/aromatic N) is 3. The maximum absolute atomic E-state index is 11.7. The first-order chi connectivity index (χ1) is 14.8. The fourth-order valence-corrected chi connectivity index (χ4v) is 2.88. The van der Waals surface area contributed by atoms with Crippen LogP contribution in [-0.2, 0) is 28.8 Å². The van der Waals surface area contributed by atoms with E-state index in [0.717, 1.165) is 9.80 Å². The summed E-state index contributed by atoms with van der Waals surface area (Å²) >= 11 is 0. The second-order valence-electron chi connectivity index (χ2n) is 6.82. The molecule has 0 radical (unpaired) electrons. The molecule has 0 fully saturated rings. The van der Waals surface area contributed by atoms with Crippen LogP contribution in [0.5, 0.6) is 0 Å². The summed E-state index contributed by atoms with van der Waals surface area (Å²) in [5.74, 6) is -7.90. The highest BCUT2D eigenvalue weighted by molar-refractivity contribution is 5.75. The predicted octanol–water partition coefficient (Wildman–Crippen LogP) is -2.45. The Morgan fingerprint density at radius 3 is 1.12 bits per heavy atom. The lowest BCUT2D eigenvalue weighted by Gasteiger charge is -2.32. The lowest BCUT2D eigenvalue weighted by Crippen LogP contribution is -2.50. The van der Waals surface area contributed by atoms with Crippen molar-refractivity contribution >= 4 is 35.8 Å². The van der Waals surface area contributed by atoms with Crippen molar-refractivity contribution in [2.24, 2.45) is 0 Å². The fraction of sp³-hybridized carbons (Fsp3) is 0.647.